The number of nitrogens with one attached hydrogen (secondary N) is 1. The van der Waals surface area contributed by atoms with Crippen molar-refractivity contribution < 1.29 is 9.59 Å². The summed E-state index contributed by atoms with van der Waals surface area (Å²) in [6.45, 7) is 11.4. The van der Waals surface area contributed by atoms with Crippen molar-refractivity contribution in [2.24, 2.45) is 17.8 Å². The average molecular weight is 386 g/mol. The molecule has 0 aliphatic carbocycles. The Morgan fingerprint density at radius 2 is 1.75 bits per heavy atom. The molecular formula is C23H35N3O2. The molecule has 0 radical (unpaired) electrons. The van der Waals surface area contributed by atoms with Gasteiger partial charge in [0.15, 0.2) is 0 Å². The highest BCUT2D eigenvalue weighted by molar-refractivity contribution is 5.80. The Morgan fingerprint density at radius 1 is 1.07 bits per heavy atom. The first-order chi connectivity index (χ1) is 13.4. The zero-order valence-corrected chi connectivity index (χ0v) is 17.6. The van der Waals surface area contributed by atoms with Crippen LogP contribution in [0.2, 0.25) is 0 Å². The fourth-order valence-corrected chi connectivity index (χ4v) is 4.85. The Kier molecular flexibility index (Phi) is 7.11. The molecule has 2 heterocycles. The molecule has 1 N–H and O–H groups in total. The molecule has 2 saturated heterocycles. The second-order valence-corrected chi connectivity index (χ2v) is 8.93. The lowest BCUT2D eigenvalue weighted by Crippen LogP contribution is -2.44. The Labute approximate surface area is 169 Å². The van der Waals surface area contributed by atoms with Gasteiger partial charge in [-0.05, 0) is 42.2 Å². The molecule has 28 heavy (non-hydrogen) atoms. The van der Waals surface area contributed by atoms with Gasteiger partial charge in [-0.15, -0.1) is 0 Å². The van der Waals surface area contributed by atoms with E-state index in [0.29, 0.717) is 13.1 Å². The molecule has 2 aliphatic rings. The van der Waals surface area contributed by atoms with E-state index in [4.69, 9.17) is 0 Å². The molecule has 5 nitrogen and oxygen atoms in total. The van der Waals surface area contributed by atoms with Gasteiger partial charge in [0.05, 0.1) is 5.92 Å². The third kappa shape index (κ3) is 5.57. The first-order valence-electron chi connectivity index (χ1n) is 10.7. The fraction of sp³-hybridized carbons (Fsp3) is 0.652. The van der Waals surface area contributed by atoms with E-state index in [2.05, 4.69) is 42.3 Å². The first kappa shape index (κ1) is 20.8. The van der Waals surface area contributed by atoms with E-state index in [0.717, 1.165) is 50.9 Å². The van der Waals surface area contributed by atoms with Crippen LogP contribution in [0.25, 0.3) is 0 Å². The summed E-state index contributed by atoms with van der Waals surface area (Å²) < 4.78 is 0. The largest absolute Gasteiger partial charge is 0.352 e. The molecule has 154 valence electrons. The Balaban J connectivity index is 1.57. The van der Waals surface area contributed by atoms with Gasteiger partial charge in [0.2, 0.25) is 11.8 Å². The van der Waals surface area contributed by atoms with Crippen molar-refractivity contribution in [2.45, 2.75) is 53.1 Å². The van der Waals surface area contributed by atoms with Gasteiger partial charge in [-0.25, -0.2) is 0 Å². The summed E-state index contributed by atoms with van der Waals surface area (Å²) in [5.74, 6) is 1.53. The van der Waals surface area contributed by atoms with Crippen molar-refractivity contribution >= 4 is 11.8 Å². The van der Waals surface area contributed by atoms with Crippen LogP contribution in [-0.2, 0) is 22.7 Å². The summed E-state index contributed by atoms with van der Waals surface area (Å²) in [5.41, 5.74) is 2.50. The highest BCUT2D eigenvalue weighted by Crippen LogP contribution is 2.23. The average Bonchev–Trinajstić information content (AvgIpc) is 2.66. The van der Waals surface area contributed by atoms with E-state index in [9.17, 15) is 9.59 Å². The maximum atomic E-state index is 12.7. The van der Waals surface area contributed by atoms with E-state index in [-0.39, 0.29) is 17.7 Å². The van der Waals surface area contributed by atoms with E-state index >= 15 is 0 Å². The SMILES string of the molecule is CC(=O)N1CCC[C@H](C(=O)NCc2ccccc2CN2C[C@@H](C)C[C@H](C)C2)C1. The summed E-state index contributed by atoms with van der Waals surface area (Å²) >= 11 is 0. The van der Waals surface area contributed by atoms with Gasteiger partial charge in [0.1, 0.15) is 0 Å². The number of benzene rings is 1. The maximum Gasteiger partial charge on any atom is 0.225 e. The topological polar surface area (TPSA) is 52.7 Å². The van der Waals surface area contributed by atoms with Crippen molar-refractivity contribution in [3.8, 4) is 0 Å². The molecule has 0 bridgehead atoms. The van der Waals surface area contributed by atoms with E-state index in [1.165, 1.54) is 17.5 Å². The highest BCUT2D eigenvalue weighted by atomic mass is 16.2. The Morgan fingerprint density at radius 3 is 2.43 bits per heavy atom. The number of carbonyl (C=O) groups is 2. The number of hydrogen-bond acceptors (Lipinski definition) is 3. The molecule has 5 heteroatoms. The maximum absolute atomic E-state index is 12.7. The van der Waals surface area contributed by atoms with Crippen LogP contribution in [0.15, 0.2) is 24.3 Å². The van der Waals surface area contributed by atoms with Crippen LogP contribution < -0.4 is 5.32 Å². The number of nitrogens with zero attached hydrogens (tertiary/aromatic N) is 2. The van der Waals surface area contributed by atoms with Crippen LogP contribution in [0.5, 0.6) is 0 Å². The fourth-order valence-electron chi connectivity index (χ4n) is 4.85. The van der Waals surface area contributed by atoms with Gasteiger partial charge in [-0.2, -0.15) is 0 Å². The lowest BCUT2D eigenvalue weighted by molar-refractivity contribution is -0.134. The molecule has 2 aliphatic heterocycles. The summed E-state index contributed by atoms with van der Waals surface area (Å²) in [4.78, 5) is 28.6. The minimum atomic E-state index is -0.0893. The second kappa shape index (κ2) is 9.55. The number of amides is 2. The number of hydrogen-bond donors (Lipinski definition) is 1. The van der Waals surface area contributed by atoms with Crippen molar-refractivity contribution in [3.63, 3.8) is 0 Å². The highest BCUT2D eigenvalue weighted by Gasteiger charge is 2.27. The second-order valence-electron chi connectivity index (χ2n) is 8.93. The molecule has 0 aromatic heterocycles. The Hall–Kier alpha value is -1.88. The lowest BCUT2D eigenvalue weighted by Gasteiger charge is -2.35. The van der Waals surface area contributed by atoms with E-state index < -0.39 is 0 Å². The minimum absolute atomic E-state index is 0.0628. The quantitative estimate of drug-likeness (QED) is 0.848. The van der Waals surface area contributed by atoms with Crippen LogP contribution in [-0.4, -0.2) is 47.8 Å². The predicted octanol–water partition coefficient (Wildman–Crippen LogP) is 3.04. The molecule has 3 rings (SSSR count). The summed E-state index contributed by atoms with van der Waals surface area (Å²) in [7, 11) is 0. The summed E-state index contributed by atoms with van der Waals surface area (Å²) in [5, 5.41) is 3.13. The zero-order chi connectivity index (χ0) is 20.1. The number of piperidine rings is 2. The Bertz CT molecular complexity index is 680. The molecule has 1 aromatic carbocycles. The smallest absolute Gasteiger partial charge is 0.225 e. The first-order valence-corrected chi connectivity index (χ1v) is 10.7. The molecular weight excluding hydrogens is 350 g/mol. The molecule has 0 unspecified atom stereocenters. The van der Waals surface area contributed by atoms with Gasteiger partial charge >= 0.3 is 0 Å². The van der Waals surface area contributed by atoms with Crippen LogP contribution in [0, 0.1) is 17.8 Å². The standard InChI is InChI=1S/C23H35N3O2/c1-17-11-18(2)14-25(13-17)15-21-8-5-4-7-20(21)12-24-23(28)22-9-6-10-26(16-22)19(3)27/h4-5,7-8,17-18,22H,6,9-16H2,1-3H3,(H,24,28)/t17-,18-,22-/m0/s1. The van der Waals surface area contributed by atoms with Crippen molar-refractivity contribution in [1.29, 1.82) is 0 Å². The third-order valence-electron chi connectivity index (χ3n) is 6.15. The molecule has 2 amide bonds. The minimum Gasteiger partial charge on any atom is -0.352 e. The van der Waals surface area contributed by atoms with Gasteiger partial charge in [0, 0.05) is 46.2 Å². The summed E-state index contributed by atoms with van der Waals surface area (Å²) in [6.07, 6.45) is 3.08. The monoisotopic (exact) mass is 385 g/mol. The normalized spacial score (nSPS) is 26.1. The van der Waals surface area contributed by atoms with Crippen molar-refractivity contribution in [2.75, 3.05) is 26.2 Å². The van der Waals surface area contributed by atoms with E-state index in [1.54, 1.807) is 11.8 Å². The van der Waals surface area contributed by atoms with Crippen LogP contribution in [0.1, 0.15) is 51.2 Å². The zero-order valence-electron chi connectivity index (χ0n) is 17.6. The van der Waals surface area contributed by atoms with Gasteiger partial charge in [-0.3, -0.25) is 14.5 Å². The predicted molar refractivity (Wildman–Crippen MR) is 111 cm³/mol. The van der Waals surface area contributed by atoms with Gasteiger partial charge in [0.25, 0.3) is 0 Å². The number of likely N-dealkylation sites (tertiary alicyclic amines) is 2. The van der Waals surface area contributed by atoms with Crippen LogP contribution in [0.4, 0.5) is 0 Å². The lowest BCUT2D eigenvalue weighted by atomic mass is 9.91. The van der Waals surface area contributed by atoms with Gasteiger partial charge in [-0.1, -0.05) is 38.1 Å². The molecule has 0 spiro atoms. The van der Waals surface area contributed by atoms with E-state index in [1.807, 2.05) is 6.07 Å². The van der Waals surface area contributed by atoms with Crippen molar-refractivity contribution in [3.05, 3.63) is 35.4 Å². The number of rotatable bonds is 5. The molecule has 3 atom stereocenters. The number of carbonyl (C=O) groups excluding carboxylic acids is 2. The molecule has 0 saturated carbocycles. The van der Waals surface area contributed by atoms with Crippen LogP contribution in [0.3, 0.4) is 0 Å². The van der Waals surface area contributed by atoms with Crippen molar-refractivity contribution in [1.82, 2.24) is 15.1 Å². The third-order valence-corrected chi connectivity index (χ3v) is 6.15. The van der Waals surface area contributed by atoms with Gasteiger partial charge < -0.3 is 10.2 Å². The molecule has 2 fully saturated rings. The van der Waals surface area contributed by atoms with Crippen LogP contribution >= 0.6 is 0 Å². The summed E-state index contributed by atoms with van der Waals surface area (Å²) in [6, 6.07) is 8.44. The molecule has 1 aromatic rings.